The van der Waals surface area contributed by atoms with Gasteiger partial charge >= 0.3 is 12.4 Å². The summed E-state index contributed by atoms with van der Waals surface area (Å²) in [7, 11) is 1.28. The van der Waals surface area contributed by atoms with Crippen molar-refractivity contribution < 1.29 is 41.0 Å². The standard InChI is InChI=1S/C19H16ClF6N3O3/c1-29-6-10(16(28-29)19(24,25)26)13-14(12-5-11(30)15(13)32-12)17(31)27-9-3-7(18(21,22)23)2-8(20)4-9/h2-4,6,11-15,30H,5H2,1H3,(H,27,31)/t11-,12+,13+,14-,15-/m0/s1. The normalized spacial score (nSPS) is 27.7. The summed E-state index contributed by atoms with van der Waals surface area (Å²) in [5.74, 6) is -3.24. The van der Waals surface area contributed by atoms with Gasteiger partial charge in [-0.1, -0.05) is 11.6 Å². The van der Waals surface area contributed by atoms with Gasteiger partial charge in [0.05, 0.1) is 29.8 Å². The summed E-state index contributed by atoms with van der Waals surface area (Å²) in [5, 5.41) is 15.7. The Hall–Kier alpha value is -2.31. The third-order valence-corrected chi connectivity index (χ3v) is 5.82. The number of carbonyl (C=O) groups is 1. The lowest BCUT2D eigenvalue weighted by Gasteiger charge is -2.30. The number of aryl methyl sites for hydroxylation is 1. The number of nitrogens with zero attached hydrogens (tertiary/aromatic N) is 2. The van der Waals surface area contributed by atoms with Crippen LogP contribution in [0.1, 0.15) is 29.2 Å². The number of carbonyl (C=O) groups excluding carboxylic acids is 1. The fraction of sp³-hybridized carbons (Fsp3) is 0.474. The minimum absolute atomic E-state index is 0.00418. The lowest BCUT2D eigenvalue weighted by Crippen LogP contribution is -2.41. The molecule has 2 bridgehead atoms. The predicted molar refractivity (Wildman–Crippen MR) is 98.8 cm³/mol. The van der Waals surface area contributed by atoms with Gasteiger partial charge in [-0.15, -0.1) is 0 Å². The average Bonchev–Trinajstić information content (AvgIpc) is 3.31. The number of hydrogen-bond donors (Lipinski definition) is 2. The molecule has 2 aromatic rings. The van der Waals surface area contributed by atoms with Gasteiger partial charge in [0, 0.05) is 41.9 Å². The number of alkyl halides is 6. The lowest BCUT2D eigenvalue weighted by atomic mass is 9.73. The Kier molecular flexibility index (Phi) is 5.45. The Balaban J connectivity index is 1.69. The predicted octanol–water partition coefficient (Wildman–Crippen LogP) is 3.98. The Morgan fingerprint density at radius 1 is 1.22 bits per heavy atom. The zero-order chi connectivity index (χ0) is 23.6. The summed E-state index contributed by atoms with van der Waals surface area (Å²) in [6, 6.07) is 2.45. The minimum Gasteiger partial charge on any atom is -0.390 e. The molecule has 2 fully saturated rings. The fourth-order valence-electron chi connectivity index (χ4n) is 4.44. The molecule has 0 saturated carbocycles. The van der Waals surface area contributed by atoms with Gasteiger partial charge in [0.15, 0.2) is 5.69 Å². The maximum absolute atomic E-state index is 13.5. The fourth-order valence-corrected chi connectivity index (χ4v) is 4.67. The van der Waals surface area contributed by atoms with E-state index in [-0.39, 0.29) is 22.7 Å². The highest BCUT2D eigenvalue weighted by Crippen LogP contribution is 2.51. The van der Waals surface area contributed by atoms with E-state index in [4.69, 9.17) is 16.3 Å². The van der Waals surface area contributed by atoms with Gasteiger partial charge in [-0.05, 0) is 18.2 Å². The van der Waals surface area contributed by atoms with Crippen LogP contribution in [0.5, 0.6) is 0 Å². The van der Waals surface area contributed by atoms with Crippen LogP contribution in [-0.4, -0.2) is 39.1 Å². The van der Waals surface area contributed by atoms with Gasteiger partial charge in [0.25, 0.3) is 0 Å². The number of nitrogens with one attached hydrogen (secondary N) is 1. The van der Waals surface area contributed by atoms with Crippen molar-refractivity contribution in [3.8, 4) is 0 Å². The molecule has 1 aromatic heterocycles. The van der Waals surface area contributed by atoms with Crippen molar-refractivity contribution in [3.63, 3.8) is 0 Å². The molecule has 2 saturated heterocycles. The Labute approximate surface area is 182 Å². The van der Waals surface area contributed by atoms with Crippen LogP contribution in [-0.2, 0) is 28.9 Å². The Morgan fingerprint density at radius 3 is 2.53 bits per heavy atom. The number of halogens is 7. The van der Waals surface area contributed by atoms with Gasteiger partial charge in [-0.25, -0.2) is 0 Å². The number of hydrogen-bond acceptors (Lipinski definition) is 4. The highest BCUT2D eigenvalue weighted by Gasteiger charge is 2.59. The summed E-state index contributed by atoms with van der Waals surface area (Å²) in [6.45, 7) is 0. The van der Waals surface area contributed by atoms with Crippen LogP contribution in [0.15, 0.2) is 24.4 Å². The monoisotopic (exact) mass is 483 g/mol. The molecule has 2 N–H and O–H groups in total. The summed E-state index contributed by atoms with van der Waals surface area (Å²) in [6.07, 6.45) is -11.5. The number of rotatable bonds is 3. The SMILES string of the molecule is Cn1cc([C@H]2[C@H]3O[C@H](C[C@@H]3O)[C@@H]2C(=O)Nc2cc(Cl)cc(C(F)(F)F)c2)c(C(F)(F)F)n1. The van der Waals surface area contributed by atoms with Crippen LogP contribution in [0, 0.1) is 5.92 Å². The number of aliphatic hydroxyl groups is 1. The van der Waals surface area contributed by atoms with Crippen molar-refractivity contribution in [1.82, 2.24) is 9.78 Å². The van der Waals surface area contributed by atoms with E-state index in [0.29, 0.717) is 12.1 Å². The van der Waals surface area contributed by atoms with E-state index in [1.165, 1.54) is 7.05 Å². The van der Waals surface area contributed by atoms with Gasteiger partial charge in [0.2, 0.25) is 5.91 Å². The molecule has 0 radical (unpaired) electrons. The first-order valence-electron chi connectivity index (χ1n) is 9.38. The number of ether oxygens (including phenoxy) is 1. The van der Waals surface area contributed by atoms with Crippen LogP contribution in [0.25, 0.3) is 0 Å². The number of anilines is 1. The van der Waals surface area contributed by atoms with Gasteiger partial charge in [-0.3, -0.25) is 9.48 Å². The van der Waals surface area contributed by atoms with Gasteiger partial charge in [0.1, 0.15) is 0 Å². The molecule has 32 heavy (non-hydrogen) atoms. The van der Waals surface area contributed by atoms with Crippen molar-refractivity contribution in [2.75, 3.05) is 5.32 Å². The van der Waals surface area contributed by atoms with E-state index < -0.39 is 59.7 Å². The van der Waals surface area contributed by atoms with Crippen LogP contribution in [0.3, 0.4) is 0 Å². The van der Waals surface area contributed by atoms with E-state index in [1.807, 2.05) is 0 Å². The second kappa shape index (κ2) is 7.63. The first-order valence-corrected chi connectivity index (χ1v) is 9.76. The largest absolute Gasteiger partial charge is 0.435 e. The smallest absolute Gasteiger partial charge is 0.390 e. The van der Waals surface area contributed by atoms with E-state index in [1.54, 1.807) is 0 Å². The number of aliphatic hydroxyl groups excluding tert-OH is 1. The third kappa shape index (κ3) is 4.06. The van der Waals surface area contributed by atoms with Crippen molar-refractivity contribution in [2.45, 2.75) is 43.0 Å². The molecule has 174 valence electrons. The highest BCUT2D eigenvalue weighted by molar-refractivity contribution is 6.31. The number of fused-ring (bicyclic) bond motifs is 2. The van der Waals surface area contributed by atoms with E-state index in [2.05, 4.69) is 10.4 Å². The molecule has 1 aromatic carbocycles. The van der Waals surface area contributed by atoms with Crippen molar-refractivity contribution in [1.29, 1.82) is 0 Å². The summed E-state index contributed by atoms with van der Waals surface area (Å²) in [5.41, 5.74) is -2.90. The highest BCUT2D eigenvalue weighted by atomic mass is 35.5. The molecular formula is C19H16ClF6N3O3. The molecule has 5 atom stereocenters. The molecule has 2 aliphatic rings. The molecule has 3 heterocycles. The molecule has 4 rings (SSSR count). The maximum atomic E-state index is 13.5. The van der Waals surface area contributed by atoms with Gasteiger partial charge < -0.3 is 15.2 Å². The van der Waals surface area contributed by atoms with Crippen LogP contribution < -0.4 is 5.32 Å². The second-order valence-electron chi connectivity index (χ2n) is 7.81. The second-order valence-corrected chi connectivity index (χ2v) is 8.25. The third-order valence-electron chi connectivity index (χ3n) is 5.61. The topological polar surface area (TPSA) is 76.4 Å². The van der Waals surface area contributed by atoms with Crippen molar-refractivity contribution >= 4 is 23.2 Å². The average molecular weight is 484 g/mol. The molecule has 0 spiro atoms. The van der Waals surface area contributed by atoms with E-state index in [0.717, 1.165) is 16.9 Å². The van der Waals surface area contributed by atoms with Gasteiger partial charge in [-0.2, -0.15) is 31.4 Å². The molecule has 0 aliphatic carbocycles. The first kappa shape index (κ1) is 22.9. The van der Waals surface area contributed by atoms with Crippen LogP contribution in [0.4, 0.5) is 32.0 Å². The van der Waals surface area contributed by atoms with Crippen LogP contribution in [0.2, 0.25) is 5.02 Å². The number of benzene rings is 1. The summed E-state index contributed by atoms with van der Waals surface area (Å²) in [4.78, 5) is 13.0. The lowest BCUT2D eigenvalue weighted by molar-refractivity contribution is -0.143. The molecule has 13 heteroatoms. The van der Waals surface area contributed by atoms with E-state index >= 15 is 0 Å². The number of amides is 1. The molecule has 6 nitrogen and oxygen atoms in total. The van der Waals surface area contributed by atoms with Crippen molar-refractivity contribution in [3.05, 3.63) is 46.2 Å². The quantitative estimate of drug-likeness (QED) is 0.648. The minimum atomic E-state index is -4.82. The molecular weight excluding hydrogens is 468 g/mol. The zero-order valence-electron chi connectivity index (χ0n) is 16.2. The summed E-state index contributed by atoms with van der Waals surface area (Å²) >= 11 is 5.73. The molecule has 2 aliphatic heterocycles. The Bertz CT molecular complexity index is 1050. The maximum Gasteiger partial charge on any atom is 0.435 e. The number of aromatic nitrogens is 2. The summed E-state index contributed by atoms with van der Waals surface area (Å²) < 4.78 is 86.3. The molecule has 0 unspecified atom stereocenters. The van der Waals surface area contributed by atoms with Crippen molar-refractivity contribution in [2.24, 2.45) is 13.0 Å². The van der Waals surface area contributed by atoms with Crippen LogP contribution >= 0.6 is 11.6 Å². The Morgan fingerprint density at radius 2 is 1.91 bits per heavy atom. The molecule has 1 amide bonds. The van der Waals surface area contributed by atoms with E-state index in [9.17, 15) is 36.2 Å². The zero-order valence-corrected chi connectivity index (χ0v) is 17.0. The first-order chi connectivity index (χ1) is 14.8.